The van der Waals surface area contributed by atoms with Gasteiger partial charge in [0.25, 0.3) is 0 Å². The lowest BCUT2D eigenvalue weighted by atomic mass is 9.95. The summed E-state index contributed by atoms with van der Waals surface area (Å²) in [5.74, 6) is -0.654. The Morgan fingerprint density at radius 3 is 2.48 bits per heavy atom. The molecule has 0 aliphatic heterocycles. The van der Waals surface area contributed by atoms with E-state index in [1.54, 1.807) is 6.07 Å². The number of rotatable bonds is 3. The minimum Gasteiger partial charge on any atom is -0.487 e. The van der Waals surface area contributed by atoms with Crippen LogP contribution in [0.4, 0.5) is 8.78 Å². The van der Waals surface area contributed by atoms with E-state index in [0.717, 1.165) is 6.07 Å². The van der Waals surface area contributed by atoms with E-state index >= 15 is 0 Å². The Kier molecular flexibility index (Phi) is 4.63. The van der Waals surface area contributed by atoms with Gasteiger partial charge in [-0.1, -0.05) is 20.8 Å². The highest BCUT2D eigenvalue weighted by Gasteiger charge is 2.19. The number of benzene rings is 1. The average Bonchev–Trinajstić information content (AvgIpc) is 2.46. The van der Waals surface area contributed by atoms with Crippen LogP contribution in [0.3, 0.4) is 0 Å². The molecule has 0 aliphatic carbocycles. The molecule has 0 radical (unpaired) electrons. The maximum atomic E-state index is 13.6. The summed E-state index contributed by atoms with van der Waals surface area (Å²) >= 11 is 0. The lowest BCUT2D eigenvalue weighted by Gasteiger charge is -2.22. The zero-order chi connectivity index (χ0) is 17.2. The molecule has 1 aromatic heterocycles. The Bertz CT molecular complexity index is 791. The maximum Gasteiger partial charge on any atom is 0.136 e. The van der Waals surface area contributed by atoms with Crippen LogP contribution >= 0.6 is 0 Å². The first-order chi connectivity index (χ1) is 10.7. The van der Waals surface area contributed by atoms with Gasteiger partial charge < -0.3 is 4.74 Å². The zero-order valence-electron chi connectivity index (χ0n) is 13.3. The monoisotopic (exact) mass is 319 g/mol. The molecule has 0 atom stereocenters. The average molecular weight is 319 g/mol. The largest absolute Gasteiger partial charge is 0.487 e. The van der Waals surface area contributed by atoms with E-state index in [-0.39, 0.29) is 23.5 Å². The lowest BCUT2D eigenvalue weighted by Crippen LogP contribution is -2.34. The van der Waals surface area contributed by atoms with Crippen molar-refractivity contribution >= 4 is 5.84 Å². The normalized spacial score (nSPS) is 11.3. The first-order valence-corrected chi connectivity index (χ1v) is 7.12. The highest BCUT2D eigenvalue weighted by atomic mass is 19.1. The zero-order valence-corrected chi connectivity index (χ0v) is 13.3. The number of hydrogen-bond donors (Lipinski definition) is 2. The fourth-order valence-electron chi connectivity index (χ4n) is 1.91. The molecule has 1 heterocycles. The molecule has 2 N–H and O–H groups in total. The minimum atomic E-state index is -0.669. The first kappa shape index (κ1) is 16.9. The van der Waals surface area contributed by atoms with Gasteiger partial charge in [-0.25, -0.2) is 8.78 Å². The second kappa shape index (κ2) is 6.32. The number of halogens is 2. The minimum absolute atomic E-state index is 0.0632. The molecular weight excluding hydrogens is 300 g/mol. The molecule has 0 unspecified atom stereocenters. The summed E-state index contributed by atoms with van der Waals surface area (Å²) in [4.78, 5) is 0. The van der Waals surface area contributed by atoms with Gasteiger partial charge in [0.2, 0.25) is 0 Å². The molecule has 122 valence electrons. The van der Waals surface area contributed by atoms with E-state index in [4.69, 9.17) is 15.6 Å². The lowest BCUT2D eigenvalue weighted by molar-refractivity contribution is 0.297. The topological polar surface area (TPSA) is 61.9 Å². The third kappa shape index (κ3) is 4.03. The van der Waals surface area contributed by atoms with Crippen LogP contribution in [0.25, 0.3) is 0 Å². The Labute approximate surface area is 133 Å². The van der Waals surface area contributed by atoms with Crippen LogP contribution in [-0.4, -0.2) is 10.4 Å². The van der Waals surface area contributed by atoms with Crippen molar-refractivity contribution in [2.24, 2.45) is 5.41 Å². The SMILES string of the molecule is CC(C)(C)C(=N)n1cc(OCc2ccc(F)cc2F)ccc1=N. The van der Waals surface area contributed by atoms with Gasteiger partial charge in [0.15, 0.2) is 0 Å². The second-order valence-corrected chi connectivity index (χ2v) is 6.24. The molecule has 0 fully saturated rings. The molecule has 1 aromatic carbocycles. The van der Waals surface area contributed by atoms with Crippen molar-refractivity contribution in [3.05, 3.63) is 59.2 Å². The van der Waals surface area contributed by atoms with Gasteiger partial charge in [-0.05, 0) is 24.3 Å². The van der Waals surface area contributed by atoms with E-state index in [1.807, 2.05) is 20.8 Å². The molecule has 0 spiro atoms. The van der Waals surface area contributed by atoms with Gasteiger partial charge in [-0.15, -0.1) is 0 Å². The maximum absolute atomic E-state index is 13.6. The second-order valence-electron chi connectivity index (χ2n) is 6.24. The summed E-state index contributed by atoms with van der Waals surface area (Å²) in [7, 11) is 0. The van der Waals surface area contributed by atoms with Crippen molar-refractivity contribution in [1.82, 2.24) is 4.57 Å². The molecule has 0 aliphatic rings. The molecule has 0 saturated carbocycles. The van der Waals surface area contributed by atoms with E-state index in [0.29, 0.717) is 5.75 Å². The number of pyridine rings is 1. The van der Waals surface area contributed by atoms with Gasteiger partial charge >= 0.3 is 0 Å². The Hall–Kier alpha value is -2.50. The molecule has 2 aromatic rings. The Morgan fingerprint density at radius 2 is 1.87 bits per heavy atom. The summed E-state index contributed by atoms with van der Waals surface area (Å²) < 4.78 is 33.4. The van der Waals surface area contributed by atoms with Gasteiger partial charge in [0.05, 0.1) is 6.20 Å². The number of ether oxygens (including phenoxy) is 1. The van der Waals surface area contributed by atoms with Crippen molar-refractivity contribution in [2.75, 3.05) is 0 Å². The third-order valence-corrected chi connectivity index (χ3v) is 3.28. The van der Waals surface area contributed by atoms with Crippen molar-refractivity contribution in [2.45, 2.75) is 27.4 Å². The van der Waals surface area contributed by atoms with Gasteiger partial charge in [-0.3, -0.25) is 15.4 Å². The number of aromatic nitrogens is 1. The smallest absolute Gasteiger partial charge is 0.136 e. The van der Waals surface area contributed by atoms with Crippen molar-refractivity contribution < 1.29 is 13.5 Å². The van der Waals surface area contributed by atoms with Crippen LogP contribution in [-0.2, 0) is 6.61 Å². The molecule has 6 heteroatoms. The predicted octanol–water partition coefficient (Wildman–Crippen LogP) is 3.70. The fraction of sp³-hybridized carbons (Fsp3) is 0.294. The van der Waals surface area contributed by atoms with E-state index in [1.165, 1.54) is 29.0 Å². The Morgan fingerprint density at radius 1 is 1.17 bits per heavy atom. The summed E-state index contributed by atoms with van der Waals surface area (Å²) in [6.07, 6.45) is 1.53. The summed E-state index contributed by atoms with van der Waals surface area (Å²) in [6, 6.07) is 6.40. The van der Waals surface area contributed by atoms with Crippen LogP contribution in [0.5, 0.6) is 5.75 Å². The van der Waals surface area contributed by atoms with Crippen LogP contribution in [0, 0.1) is 27.9 Å². The van der Waals surface area contributed by atoms with E-state index < -0.39 is 17.0 Å². The van der Waals surface area contributed by atoms with Gasteiger partial charge in [0, 0.05) is 17.0 Å². The number of hydrogen-bond acceptors (Lipinski definition) is 3. The molecule has 23 heavy (non-hydrogen) atoms. The molecule has 4 nitrogen and oxygen atoms in total. The highest BCUT2D eigenvalue weighted by molar-refractivity contribution is 5.86. The molecule has 0 amide bonds. The van der Waals surface area contributed by atoms with Crippen molar-refractivity contribution in [3.8, 4) is 5.75 Å². The van der Waals surface area contributed by atoms with Gasteiger partial charge in [0.1, 0.15) is 35.3 Å². The van der Waals surface area contributed by atoms with Crippen molar-refractivity contribution in [3.63, 3.8) is 0 Å². The molecular formula is C17H19F2N3O. The summed E-state index contributed by atoms with van der Waals surface area (Å²) in [6.45, 7) is 5.57. The summed E-state index contributed by atoms with van der Waals surface area (Å²) in [5.41, 5.74) is -0.0358. The van der Waals surface area contributed by atoms with E-state index in [2.05, 4.69) is 0 Å². The van der Waals surface area contributed by atoms with Crippen LogP contribution in [0.15, 0.2) is 36.5 Å². The van der Waals surface area contributed by atoms with Crippen molar-refractivity contribution in [1.29, 1.82) is 10.8 Å². The van der Waals surface area contributed by atoms with Gasteiger partial charge in [-0.2, -0.15) is 0 Å². The molecule has 0 saturated heterocycles. The third-order valence-electron chi connectivity index (χ3n) is 3.28. The fourth-order valence-corrected chi connectivity index (χ4v) is 1.91. The number of nitrogens with one attached hydrogen (secondary N) is 2. The molecule has 2 rings (SSSR count). The first-order valence-electron chi connectivity index (χ1n) is 7.12. The van der Waals surface area contributed by atoms with Crippen LogP contribution < -0.4 is 10.2 Å². The van der Waals surface area contributed by atoms with Crippen LogP contribution in [0.2, 0.25) is 0 Å². The summed E-state index contributed by atoms with van der Waals surface area (Å²) in [5, 5.41) is 16.1. The van der Waals surface area contributed by atoms with E-state index in [9.17, 15) is 8.78 Å². The standard InChI is InChI=1S/C17H19F2N3O/c1-17(2,3)16(21)22-9-13(6-7-15(22)20)23-10-11-4-5-12(18)8-14(11)19/h4-9,20-21H,10H2,1-3H3. The quantitative estimate of drug-likeness (QED) is 0.658. The van der Waals surface area contributed by atoms with Crippen LogP contribution in [0.1, 0.15) is 26.3 Å². The predicted molar refractivity (Wildman–Crippen MR) is 83.6 cm³/mol. The number of nitrogens with zero attached hydrogens (tertiary/aromatic N) is 1. The Balaban J connectivity index is 2.21. The molecule has 0 bridgehead atoms. The highest BCUT2D eigenvalue weighted by Crippen LogP contribution is 2.18.